The van der Waals surface area contributed by atoms with Crippen LogP contribution in [0.25, 0.3) is 0 Å². The van der Waals surface area contributed by atoms with Crippen LogP contribution in [0.5, 0.6) is 0 Å². The van der Waals surface area contributed by atoms with Crippen LogP contribution in [0.4, 0.5) is 26.3 Å². The van der Waals surface area contributed by atoms with E-state index in [-0.39, 0.29) is 0 Å². The molecule has 0 aliphatic carbocycles. The van der Waals surface area contributed by atoms with Crippen LogP contribution < -0.4 is 5.73 Å². The van der Waals surface area contributed by atoms with E-state index in [4.69, 9.17) is 5.11 Å². The summed E-state index contributed by atoms with van der Waals surface area (Å²) in [5.74, 6) is 0. The molecular formula is C5H7F6NO. The van der Waals surface area contributed by atoms with Gasteiger partial charge in [-0.3, -0.25) is 0 Å². The molecule has 1 atom stereocenters. The van der Waals surface area contributed by atoms with Gasteiger partial charge in [-0.15, -0.1) is 0 Å². The van der Waals surface area contributed by atoms with Crippen molar-refractivity contribution in [2.75, 3.05) is 0 Å². The van der Waals surface area contributed by atoms with Crippen LogP contribution in [-0.4, -0.2) is 29.1 Å². The zero-order valence-electron chi connectivity index (χ0n) is 6.37. The summed E-state index contributed by atoms with van der Waals surface area (Å²) in [7, 11) is 0. The molecule has 0 aliphatic heterocycles. The third-order valence-corrected chi connectivity index (χ3v) is 1.52. The predicted octanol–water partition coefficient (Wildman–Crippen LogP) is 1.19. The summed E-state index contributed by atoms with van der Waals surface area (Å²) in [4.78, 5) is 0. The fraction of sp³-hybridized carbons (Fsp3) is 1.00. The summed E-state index contributed by atoms with van der Waals surface area (Å²) in [6.45, 7) is 0.432. The van der Waals surface area contributed by atoms with Gasteiger partial charge < -0.3 is 10.8 Å². The van der Waals surface area contributed by atoms with Crippen molar-refractivity contribution in [2.24, 2.45) is 5.73 Å². The molecule has 0 aromatic rings. The van der Waals surface area contributed by atoms with Gasteiger partial charge in [0, 0.05) is 6.04 Å². The van der Waals surface area contributed by atoms with E-state index in [0.717, 1.165) is 0 Å². The van der Waals surface area contributed by atoms with Gasteiger partial charge in [0.05, 0.1) is 0 Å². The highest BCUT2D eigenvalue weighted by Gasteiger charge is 2.72. The molecule has 0 bridgehead atoms. The molecule has 0 aromatic carbocycles. The Bertz CT molecular complexity index is 168. The SMILES string of the molecule is C[C@@H](N)C(O)(C(F)(F)F)C(F)(F)F. The fourth-order valence-electron chi connectivity index (χ4n) is 0.677. The summed E-state index contributed by atoms with van der Waals surface area (Å²) in [6.07, 6.45) is -11.7. The minimum Gasteiger partial charge on any atom is -0.372 e. The Hall–Kier alpha value is -0.500. The number of hydrogen-bond donors (Lipinski definition) is 2. The summed E-state index contributed by atoms with van der Waals surface area (Å²) >= 11 is 0. The van der Waals surface area contributed by atoms with Gasteiger partial charge in [-0.25, -0.2) is 0 Å². The summed E-state index contributed by atoms with van der Waals surface area (Å²) in [5, 5.41) is 8.39. The van der Waals surface area contributed by atoms with Crippen molar-refractivity contribution in [2.45, 2.75) is 30.9 Å². The first kappa shape index (κ1) is 12.5. The highest BCUT2D eigenvalue weighted by atomic mass is 19.4. The normalized spacial score (nSPS) is 17.3. The highest BCUT2D eigenvalue weighted by molar-refractivity contribution is 4.99. The Morgan fingerprint density at radius 1 is 1.00 bits per heavy atom. The van der Waals surface area contributed by atoms with Crippen LogP contribution in [0, 0.1) is 0 Å². The Labute approximate surface area is 69.3 Å². The van der Waals surface area contributed by atoms with Crippen molar-refractivity contribution < 1.29 is 31.4 Å². The average molecular weight is 211 g/mol. The molecule has 8 heteroatoms. The molecule has 80 valence electrons. The van der Waals surface area contributed by atoms with E-state index in [1.807, 2.05) is 0 Å². The van der Waals surface area contributed by atoms with E-state index in [1.165, 1.54) is 0 Å². The van der Waals surface area contributed by atoms with Gasteiger partial charge in [-0.1, -0.05) is 0 Å². The molecule has 0 rings (SSSR count). The molecule has 2 nitrogen and oxygen atoms in total. The van der Waals surface area contributed by atoms with Gasteiger partial charge in [-0.05, 0) is 6.92 Å². The van der Waals surface area contributed by atoms with Crippen LogP contribution in [0.1, 0.15) is 6.92 Å². The maximum atomic E-state index is 11.8. The van der Waals surface area contributed by atoms with E-state index in [1.54, 1.807) is 0 Å². The highest BCUT2D eigenvalue weighted by Crippen LogP contribution is 2.44. The molecule has 0 aromatic heterocycles. The molecular weight excluding hydrogens is 204 g/mol. The third kappa shape index (κ3) is 1.88. The molecule has 0 spiro atoms. The maximum absolute atomic E-state index is 11.8. The van der Waals surface area contributed by atoms with Gasteiger partial charge >= 0.3 is 12.4 Å². The first-order chi connectivity index (χ1) is 5.44. The third-order valence-electron chi connectivity index (χ3n) is 1.52. The monoisotopic (exact) mass is 211 g/mol. The van der Waals surface area contributed by atoms with E-state index in [2.05, 4.69) is 5.73 Å². The lowest BCUT2D eigenvalue weighted by Crippen LogP contribution is -2.65. The molecule has 0 radical (unpaired) electrons. The quantitative estimate of drug-likeness (QED) is 0.640. The second-order valence-electron chi connectivity index (χ2n) is 2.55. The van der Waals surface area contributed by atoms with Crippen LogP contribution in [0.2, 0.25) is 0 Å². The Morgan fingerprint density at radius 2 is 1.23 bits per heavy atom. The smallest absolute Gasteiger partial charge is 0.372 e. The molecule has 0 aliphatic rings. The zero-order valence-corrected chi connectivity index (χ0v) is 6.37. The molecule has 0 fully saturated rings. The summed E-state index contributed by atoms with van der Waals surface area (Å²) < 4.78 is 70.8. The van der Waals surface area contributed by atoms with Crippen LogP contribution in [0.15, 0.2) is 0 Å². The molecule has 0 heterocycles. The molecule has 0 amide bonds. The number of alkyl halides is 6. The summed E-state index contributed by atoms with van der Waals surface area (Å²) in [5.41, 5.74) is -0.394. The van der Waals surface area contributed by atoms with Crippen LogP contribution in [-0.2, 0) is 0 Å². The second-order valence-corrected chi connectivity index (χ2v) is 2.55. The van der Waals surface area contributed by atoms with Gasteiger partial charge in [0.25, 0.3) is 5.60 Å². The lowest BCUT2D eigenvalue weighted by Gasteiger charge is -2.35. The zero-order chi connectivity index (χ0) is 11.1. The van der Waals surface area contributed by atoms with Crippen molar-refractivity contribution in [3.05, 3.63) is 0 Å². The molecule has 13 heavy (non-hydrogen) atoms. The van der Waals surface area contributed by atoms with Crippen LogP contribution in [0.3, 0.4) is 0 Å². The van der Waals surface area contributed by atoms with E-state index in [0.29, 0.717) is 6.92 Å². The van der Waals surface area contributed by atoms with Crippen molar-refractivity contribution >= 4 is 0 Å². The number of hydrogen-bond acceptors (Lipinski definition) is 2. The Balaban J connectivity index is 5.22. The lowest BCUT2D eigenvalue weighted by molar-refractivity contribution is -0.372. The Morgan fingerprint density at radius 3 is 1.23 bits per heavy atom. The molecule has 0 saturated heterocycles. The molecule has 0 saturated carbocycles. The topological polar surface area (TPSA) is 46.2 Å². The summed E-state index contributed by atoms with van der Waals surface area (Å²) in [6, 6.07) is -2.48. The van der Waals surface area contributed by atoms with Gasteiger partial charge in [0.2, 0.25) is 0 Å². The van der Waals surface area contributed by atoms with E-state index >= 15 is 0 Å². The first-order valence-corrected chi connectivity index (χ1v) is 3.06. The minimum absolute atomic E-state index is 0.432. The van der Waals surface area contributed by atoms with Crippen molar-refractivity contribution in [1.29, 1.82) is 0 Å². The van der Waals surface area contributed by atoms with Gasteiger partial charge in [0.15, 0.2) is 0 Å². The fourth-order valence-corrected chi connectivity index (χ4v) is 0.677. The first-order valence-electron chi connectivity index (χ1n) is 3.06. The number of aliphatic hydroxyl groups is 1. The van der Waals surface area contributed by atoms with Crippen molar-refractivity contribution in [3.8, 4) is 0 Å². The number of nitrogens with two attached hydrogens (primary N) is 1. The standard InChI is InChI=1S/C5H7F6NO/c1-2(12)3(13,4(6,7)8)5(9,10)11/h2,13H,12H2,1H3/t2-/m1/s1. The maximum Gasteiger partial charge on any atom is 0.427 e. The number of rotatable bonds is 1. The van der Waals surface area contributed by atoms with Crippen molar-refractivity contribution in [1.82, 2.24) is 0 Å². The minimum atomic E-state index is -5.83. The van der Waals surface area contributed by atoms with Crippen molar-refractivity contribution in [3.63, 3.8) is 0 Å². The van der Waals surface area contributed by atoms with E-state index in [9.17, 15) is 26.3 Å². The molecule has 0 unspecified atom stereocenters. The predicted molar refractivity (Wildman–Crippen MR) is 30.7 cm³/mol. The van der Waals surface area contributed by atoms with Gasteiger partial charge in [0.1, 0.15) is 0 Å². The molecule has 3 N–H and O–H groups in total. The van der Waals surface area contributed by atoms with Crippen LogP contribution >= 0.6 is 0 Å². The van der Waals surface area contributed by atoms with Gasteiger partial charge in [-0.2, -0.15) is 26.3 Å². The second kappa shape index (κ2) is 3.02. The average Bonchev–Trinajstić information content (AvgIpc) is 1.80. The largest absolute Gasteiger partial charge is 0.427 e. The number of halogens is 6. The Kier molecular flexibility index (Phi) is 2.90. The lowest BCUT2D eigenvalue weighted by atomic mass is 9.95. The van der Waals surface area contributed by atoms with E-state index < -0.39 is 24.0 Å².